The Hall–Kier alpha value is -2.58. The van der Waals surface area contributed by atoms with Gasteiger partial charge in [-0.05, 0) is 23.5 Å². The fraction of sp³-hybridized carbons (Fsp3) is 0.474. The lowest BCUT2D eigenvalue weighted by Gasteiger charge is -2.37. The van der Waals surface area contributed by atoms with E-state index in [1.807, 2.05) is 13.8 Å². The van der Waals surface area contributed by atoms with Crippen LogP contribution >= 0.6 is 0 Å². The maximum Gasteiger partial charge on any atom is 0.279 e. The summed E-state index contributed by atoms with van der Waals surface area (Å²) in [7, 11) is 0. The molecule has 0 radical (unpaired) electrons. The zero-order valence-electron chi connectivity index (χ0n) is 15.5. The van der Waals surface area contributed by atoms with Crippen molar-refractivity contribution in [3.8, 4) is 0 Å². The van der Waals surface area contributed by atoms with Gasteiger partial charge in [0.25, 0.3) is 5.70 Å². The summed E-state index contributed by atoms with van der Waals surface area (Å²) in [5.41, 5.74) is 7.39. The van der Waals surface area contributed by atoms with Crippen molar-refractivity contribution in [1.29, 1.82) is 0 Å². The number of nitrogens with two attached hydrogens (primary N) is 1. The molecule has 8 heteroatoms. The van der Waals surface area contributed by atoms with Crippen LogP contribution in [0.5, 0.6) is 0 Å². The van der Waals surface area contributed by atoms with Crippen molar-refractivity contribution in [2.45, 2.75) is 32.6 Å². The Bertz CT molecular complexity index is 814. The number of ether oxygens (including phenoxy) is 1. The SMILES string of the molecule is CC1(C)CC(=O)C2=C(C1)NC(COCCN)=C([N+](=O)[O-])C2c1cccnc1. The maximum atomic E-state index is 13.0. The van der Waals surface area contributed by atoms with Gasteiger partial charge in [0.15, 0.2) is 5.78 Å². The lowest BCUT2D eigenvalue weighted by Crippen LogP contribution is -2.40. The fourth-order valence-corrected chi connectivity index (χ4v) is 3.79. The quantitative estimate of drug-likeness (QED) is 0.444. The minimum absolute atomic E-state index is 0.0374. The molecule has 0 saturated carbocycles. The van der Waals surface area contributed by atoms with E-state index in [4.69, 9.17) is 10.5 Å². The predicted octanol–water partition coefficient (Wildman–Crippen LogP) is 1.88. The van der Waals surface area contributed by atoms with Gasteiger partial charge in [-0.2, -0.15) is 0 Å². The number of dihydropyridines is 1. The van der Waals surface area contributed by atoms with E-state index in [0.29, 0.717) is 42.8 Å². The molecule has 1 aliphatic carbocycles. The number of allylic oxidation sites excluding steroid dienone is 2. The van der Waals surface area contributed by atoms with E-state index in [1.54, 1.807) is 24.5 Å². The molecular formula is C19H24N4O4. The number of carbonyl (C=O) groups is 1. The van der Waals surface area contributed by atoms with E-state index in [1.165, 1.54) is 0 Å². The first-order valence-corrected chi connectivity index (χ1v) is 8.92. The minimum Gasteiger partial charge on any atom is -0.374 e. The van der Waals surface area contributed by atoms with Crippen LogP contribution in [-0.2, 0) is 9.53 Å². The number of pyridine rings is 1. The molecular weight excluding hydrogens is 348 g/mol. The van der Waals surface area contributed by atoms with E-state index in [2.05, 4.69) is 10.3 Å². The molecule has 2 heterocycles. The van der Waals surface area contributed by atoms with Crippen molar-refractivity contribution in [3.05, 3.63) is 62.9 Å². The van der Waals surface area contributed by atoms with Crippen molar-refractivity contribution in [2.75, 3.05) is 19.8 Å². The third-order valence-corrected chi connectivity index (χ3v) is 4.82. The standard InChI is InChI=1S/C19H24N4O4/c1-19(2)8-13-17(15(24)9-19)16(12-4-3-6-21-10-12)18(23(25)26)14(22-13)11-27-7-5-20/h3-4,6,10,16,22H,5,7-9,11,20H2,1-2H3. The molecule has 1 aliphatic heterocycles. The van der Waals surface area contributed by atoms with Crippen LogP contribution < -0.4 is 11.1 Å². The topological polar surface area (TPSA) is 120 Å². The number of nitrogens with zero attached hydrogens (tertiary/aromatic N) is 2. The molecule has 3 rings (SSSR count). The Kier molecular flexibility index (Phi) is 5.38. The van der Waals surface area contributed by atoms with Gasteiger partial charge >= 0.3 is 0 Å². The first-order valence-electron chi connectivity index (χ1n) is 8.92. The molecule has 0 fully saturated rings. The Balaban J connectivity index is 2.13. The van der Waals surface area contributed by atoms with Gasteiger partial charge in [0.2, 0.25) is 0 Å². The second-order valence-corrected chi connectivity index (χ2v) is 7.64. The highest BCUT2D eigenvalue weighted by molar-refractivity contribution is 6.00. The van der Waals surface area contributed by atoms with E-state index < -0.39 is 10.8 Å². The molecule has 1 atom stereocenters. The number of carbonyl (C=O) groups excluding carboxylic acids is 1. The van der Waals surface area contributed by atoms with Crippen molar-refractivity contribution in [2.24, 2.45) is 11.1 Å². The second-order valence-electron chi connectivity index (χ2n) is 7.64. The van der Waals surface area contributed by atoms with Crippen LogP contribution in [0.3, 0.4) is 0 Å². The lowest BCUT2D eigenvalue weighted by molar-refractivity contribution is -0.431. The maximum absolute atomic E-state index is 13.0. The summed E-state index contributed by atoms with van der Waals surface area (Å²) < 4.78 is 5.47. The van der Waals surface area contributed by atoms with E-state index in [0.717, 1.165) is 5.70 Å². The number of aromatic nitrogens is 1. The number of ketones is 1. The van der Waals surface area contributed by atoms with Crippen LogP contribution in [0.4, 0.5) is 0 Å². The first-order chi connectivity index (χ1) is 12.8. The summed E-state index contributed by atoms with van der Waals surface area (Å²) in [5, 5.41) is 15.1. The second kappa shape index (κ2) is 7.58. The van der Waals surface area contributed by atoms with Gasteiger partial charge in [0.1, 0.15) is 11.6 Å². The van der Waals surface area contributed by atoms with Crippen LogP contribution in [0.1, 0.15) is 38.2 Å². The number of nitrogens with one attached hydrogen (secondary N) is 1. The summed E-state index contributed by atoms with van der Waals surface area (Å²) in [6.45, 7) is 4.70. The Morgan fingerprint density at radius 2 is 2.22 bits per heavy atom. The number of Topliss-reactive ketones (excluding diaryl/α,β-unsaturated/α-hetero) is 1. The molecule has 1 aromatic rings. The molecule has 1 aromatic heterocycles. The third-order valence-electron chi connectivity index (χ3n) is 4.82. The molecule has 0 saturated heterocycles. The normalized spacial score (nSPS) is 21.7. The summed E-state index contributed by atoms with van der Waals surface area (Å²) >= 11 is 0. The molecule has 3 N–H and O–H groups in total. The molecule has 0 bridgehead atoms. The highest BCUT2D eigenvalue weighted by atomic mass is 16.6. The zero-order chi connectivity index (χ0) is 19.6. The van der Waals surface area contributed by atoms with E-state index in [9.17, 15) is 14.9 Å². The Morgan fingerprint density at radius 1 is 1.44 bits per heavy atom. The van der Waals surface area contributed by atoms with Gasteiger partial charge in [-0.1, -0.05) is 19.9 Å². The lowest BCUT2D eigenvalue weighted by atomic mass is 9.70. The summed E-state index contributed by atoms with van der Waals surface area (Å²) in [6, 6.07) is 3.49. The van der Waals surface area contributed by atoms with Gasteiger partial charge < -0.3 is 15.8 Å². The van der Waals surface area contributed by atoms with Crippen molar-refractivity contribution in [1.82, 2.24) is 10.3 Å². The number of hydrogen-bond donors (Lipinski definition) is 2. The van der Waals surface area contributed by atoms with Gasteiger partial charge in [-0.25, -0.2) is 0 Å². The monoisotopic (exact) mass is 372 g/mol. The number of rotatable bonds is 6. The van der Waals surface area contributed by atoms with Crippen LogP contribution in [0.15, 0.2) is 47.2 Å². The van der Waals surface area contributed by atoms with Crippen LogP contribution in [-0.4, -0.2) is 35.4 Å². The molecule has 0 spiro atoms. The molecule has 1 unspecified atom stereocenters. The van der Waals surface area contributed by atoms with Gasteiger partial charge in [0, 0.05) is 36.6 Å². The Labute approximate surface area is 157 Å². The fourth-order valence-electron chi connectivity index (χ4n) is 3.79. The third kappa shape index (κ3) is 3.91. The summed E-state index contributed by atoms with van der Waals surface area (Å²) in [4.78, 5) is 28.6. The molecule has 27 heavy (non-hydrogen) atoms. The van der Waals surface area contributed by atoms with Crippen molar-refractivity contribution < 1.29 is 14.5 Å². The number of hydrogen-bond acceptors (Lipinski definition) is 7. The van der Waals surface area contributed by atoms with Crippen LogP contribution in [0, 0.1) is 15.5 Å². The van der Waals surface area contributed by atoms with Gasteiger partial charge in [-0.3, -0.25) is 19.9 Å². The summed E-state index contributed by atoms with van der Waals surface area (Å²) in [6.07, 6.45) is 4.17. The predicted molar refractivity (Wildman–Crippen MR) is 99.1 cm³/mol. The molecule has 144 valence electrons. The smallest absolute Gasteiger partial charge is 0.279 e. The summed E-state index contributed by atoms with van der Waals surface area (Å²) in [5.74, 6) is -0.825. The van der Waals surface area contributed by atoms with Crippen molar-refractivity contribution >= 4 is 5.78 Å². The van der Waals surface area contributed by atoms with Crippen molar-refractivity contribution in [3.63, 3.8) is 0 Å². The highest BCUT2D eigenvalue weighted by Gasteiger charge is 2.46. The molecule has 8 nitrogen and oxygen atoms in total. The van der Waals surface area contributed by atoms with Crippen LogP contribution in [0.2, 0.25) is 0 Å². The largest absolute Gasteiger partial charge is 0.374 e. The van der Waals surface area contributed by atoms with Gasteiger partial charge in [-0.15, -0.1) is 0 Å². The van der Waals surface area contributed by atoms with E-state index in [-0.39, 0.29) is 23.5 Å². The van der Waals surface area contributed by atoms with Crippen LogP contribution in [0.25, 0.3) is 0 Å². The van der Waals surface area contributed by atoms with Gasteiger partial charge in [0.05, 0.1) is 18.1 Å². The number of nitro groups is 1. The Morgan fingerprint density at radius 3 is 2.85 bits per heavy atom. The first kappa shape index (κ1) is 19.2. The molecule has 0 aromatic carbocycles. The zero-order valence-corrected chi connectivity index (χ0v) is 15.5. The highest BCUT2D eigenvalue weighted by Crippen LogP contribution is 2.46. The minimum atomic E-state index is -0.759. The average molecular weight is 372 g/mol. The average Bonchev–Trinajstić information content (AvgIpc) is 2.60. The van der Waals surface area contributed by atoms with E-state index >= 15 is 0 Å². The molecule has 0 amide bonds. The molecule has 2 aliphatic rings.